The van der Waals surface area contributed by atoms with Gasteiger partial charge < -0.3 is 0 Å². The quantitative estimate of drug-likeness (QED) is 0.393. The Morgan fingerprint density at radius 1 is 1.11 bits per heavy atom. The molecule has 0 aliphatic heterocycles. The molecule has 3 heteroatoms. The maximum absolute atomic E-state index is 5.44. The second-order valence-corrected chi connectivity index (χ2v) is 2.13. The third-order valence-electron chi connectivity index (χ3n) is 0.987. The molecule has 0 radical (unpaired) electrons. The lowest BCUT2D eigenvalue weighted by Crippen LogP contribution is -1.74. The highest BCUT2D eigenvalue weighted by Crippen LogP contribution is 1.98. The number of unbranched alkanes of at least 4 members (excludes halogenated alkanes) is 3. The minimum absolute atomic E-state index is 0.833. The Balaban J connectivity index is 0. The van der Waals surface area contributed by atoms with Gasteiger partial charge in [0, 0.05) is 5.88 Å². The van der Waals surface area contributed by atoms with Gasteiger partial charge in [0.15, 0.2) is 0 Å². The van der Waals surface area contributed by atoms with Crippen LogP contribution in [-0.4, -0.2) is 5.88 Å². The molecule has 0 heterocycles. The smallest absolute Gasteiger partial charge is 0.0223 e. The van der Waals surface area contributed by atoms with Crippen molar-refractivity contribution < 1.29 is 0 Å². The van der Waals surface area contributed by atoms with Crippen molar-refractivity contribution in [3.05, 3.63) is 0 Å². The zero-order chi connectivity index (χ0) is 7.54. The number of alkyl halides is 1. The first-order valence-electron chi connectivity index (χ1n) is 3.19. The van der Waals surface area contributed by atoms with Crippen LogP contribution in [0.15, 0.2) is 0 Å². The molecule has 0 aromatic heterocycles. The molecule has 0 rings (SSSR count). The van der Waals surface area contributed by atoms with Crippen molar-refractivity contribution in [2.75, 3.05) is 5.88 Å². The predicted octanol–water partition coefficient (Wildman–Crippen LogP) is 2.90. The van der Waals surface area contributed by atoms with Crippen molar-refractivity contribution in [2.24, 2.45) is 5.25 Å². The summed E-state index contributed by atoms with van der Waals surface area (Å²) in [4.78, 5) is 0. The van der Waals surface area contributed by atoms with E-state index < -0.39 is 0 Å². The van der Waals surface area contributed by atoms with E-state index in [4.69, 9.17) is 11.6 Å². The zero-order valence-electron chi connectivity index (χ0n) is 5.87. The molecule has 0 amide bonds. The van der Waals surface area contributed by atoms with Crippen LogP contribution >= 0.6 is 23.4 Å². The molecule has 2 N–H and O–H groups in total. The molecule has 1 nitrogen and oxygen atoms in total. The average Bonchev–Trinajstić information content (AvgIpc) is 1.94. The summed E-state index contributed by atoms with van der Waals surface area (Å²) >= 11 is 9.58. The molecule has 0 aliphatic rings. The van der Waals surface area contributed by atoms with Crippen molar-refractivity contribution in [1.82, 2.24) is 0 Å². The maximum Gasteiger partial charge on any atom is 0.0223 e. The Hall–Kier alpha value is 0.540. The molecule has 0 fully saturated rings. The highest BCUT2D eigenvalue weighted by molar-refractivity contribution is 6.17. The normalized spacial score (nSPS) is 8.00. The fraction of sp³-hybridized carbons (Fsp3) is 1.00. The number of rotatable bonds is 4. The summed E-state index contributed by atoms with van der Waals surface area (Å²) in [6, 6.07) is 0. The highest BCUT2D eigenvalue weighted by atomic mass is 35.5. The van der Waals surface area contributed by atoms with Gasteiger partial charge >= 0.3 is 0 Å². The van der Waals surface area contributed by atoms with Crippen LogP contribution in [0.25, 0.3) is 0 Å². The van der Waals surface area contributed by atoms with Crippen LogP contribution in [-0.2, 0) is 0 Å². The van der Waals surface area contributed by atoms with E-state index >= 15 is 0 Å². The molecule has 9 heavy (non-hydrogen) atoms. The fourth-order valence-electron chi connectivity index (χ4n) is 0.521. The SMILES string of the molecule is CCCCCCCl.NCl. The van der Waals surface area contributed by atoms with Gasteiger partial charge in [-0.15, -0.1) is 11.6 Å². The molecule has 58 valence electrons. The molecule has 0 spiro atoms. The van der Waals surface area contributed by atoms with E-state index in [1.807, 2.05) is 0 Å². The molecule has 0 aromatic carbocycles. The predicted molar refractivity (Wildman–Crippen MR) is 44.9 cm³/mol. The largest absolute Gasteiger partial charge is 0.247 e. The van der Waals surface area contributed by atoms with Gasteiger partial charge in [0.05, 0.1) is 0 Å². The van der Waals surface area contributed by atoms with E-state index in [9.17, 15) is 0 Å². The molecular weight excluding hydrogens is 157 g/mol. The summed E-state index contributed by atoms with van der Waals surface area (Å²) in [6.45, 7) is 2.20. The van der Waals surface area contributed by atoms with Crippen LogP contribution in [0.5, 0.6) is 0 Å². The van der Waals surface area contributed by atoms with E-state index in [1.165, 1.54) is 25.7 Å². The molecule has 0 bridgehead atoms. The van der Waals surface area contributed by atoms with Crippen molar-refractivity contribution >= 4 is 23.4 Å². The van der Waals surface area contributed by atoms with Gasteiger partial charge in [0.2, 0.25) is 0 Å². The van der Waals surface area contributed by atoms with E-state index in [-0.39, 0.29) is 0 Å². The van der Waals surface area contributed by atoms with Crippen molar-refractivity contribution in [1.29, 1.82) is 0 Å². The van der Waals surface area contributed by atoms with Crippen molar-refractivity contribution in [2.45, 2.75) is 32.6 Å². The zero-order valence-corrected chi connectivity index (χ0v) is 7.38. The summed E-state index contributed by atoms with van der Waals surface area (Å²) in [7, 11) is 0. The van der Waals surface area contributed by atoms with E-state index in [0.29, 0.717) is 0 Å². The summed E-state index contributed by atoms with van der Waals surface area (Å²) in [5.41, 5.74) is 0. The maximum atomic E-state index is 5.44. The molecule has 0 unspecified atom stereocenters. The van der Waals surface area contributed by atoms with Crippen LogP contribution in [0.1, 0.15) is 32.6 Å². The minimum Gasteiger partial charge on any atom is -0.247 e. The number of halogens is 2. The summed E-state index contributed by atoms with van der Waals surface area (Å²) in [5, 5.41) is 3.97. The lowest BCUT2D eigenvalue weighted by Gasteiger charge is -1.89. The van der Waals surface area contributed by atoms with Gasteiger partial charge in [-0.2, -0.15) is 0 Å². The summed E-state index contributed by atoms with van der Waals surface area (Å²) in [5.74, 6) is 0.833. The van der Waals surface area contributed by atoms with Crippen molar-refractivity contribution in [3.8, 4) is 0 Å². The first kappa shape index (κ1) is 12.2. The Morgan fingerprint density at radius 3 is 2.00 bits per heavy atom. The van der Waals surface area contributed by atoms with Gasteiger partial charge in [-0.3, -0.25) is 0 Å². The number of nitrogens with two attached hydrogens (primary N) is 1. The first-order chi connectivity index (χ1) is 4.41. The third-order valence-corrected chi connectivity index (χ3v) is 1.25. The van der Waals surface area contributed by atoms with Crippen LogP contribution in [0.3, 0.4) is 0 Å². The van der Waals surface area contributed by atoms with Crippen LogP contribution in [0, 0.1) is 0 Å². The average molecular weight is 172 g/mol. The lowest BCUT2D eigenvalue weighted by atomic mass is 10.2. The Labute approximate surface area is 67.6 Å². The van der Waals surface area contributed by atoms with Gasteiger partial charge in [-0.25, -0.2) is 5.25 Å². The van der Waals surface area contributed by atoms with Gasteiger partial charge in [-0.1, -0.05) is 26.2 Å². The molecular formula is C6H15Cl2N. The Bertz CT molecular complexity index is 30.2. The Kier molecular flexibility index (Phi) is 21.5. The topological polar surface area (TPSA) is 26.0 Å². The number of hydrogen-bond acceptors (Lipinski definition) is 1. The minimum atomic E-state index is 0.833. The van der Waals surface area contributed by atoms with Crippen molar-refractivity contribution in [3.63, 3.8) is 0 Å². The second-order valence-electron chi connectivity index (χ2n) is 1.75. The van der Waals surface area contributed by atoms with E-state index in [1.54, 1.807) is 0 Å². The lowest BCUT2D eigenvalue weighted by molar-refractivity contribution is 0.705. The van der Waals surface area contributed by atoms with E-state index in [0.717, 1.165) is 5.88 Å². The van der Waals surface area contributed by atoms with Crippen LogP contribution in [0.2, 0.25) is 0 Å². The van der Waals surface area contributed by atoms with Crippen LogP contribution < -0.4 is 5.25 Å². The first-order valence-corrected chi connectivity index (χ1v) is 4.16. The standard InChI is InChI=1S/C6H13Cl.ClH2N/c1-2-3-4-5-6-7;1-2/h2-6H2,1H3;2H2. The summed E-state index contributed by atoms with van der Waals surface area (Å²) in [6.07, 6.45) is 5.14. The Morgan fingerprint density at radius 2 is 1.67 bits per heavy atom. The number of hydrogen-bond donors (Lipinski definition) is 1. The third kappa shape index (κ3) is 17.7. The summed E-state index contributed by atoms with van der Waals surface area (Å²) < 4.78 is 0. The fourth-order valence-corrected chi connectivity index (χ4v) is 0.710. The monoisotopic (exact) mass is 171 g/mol. The van der Waals surface area contributed by atoms with Gasteiger partial charge in [0.1, 0.15) is 0 Å². The molecule has 0 atom stereocenters. The highest BCUT2D eigenvalue weighted by Gasteiger charge is 1.81. The molecule has 0 aliphatic carbocycles. The molecule has 0 aromatic rings. The van der Waals surface area contributed by atoms with E-state index in [2.05, 4.69) is 24.0 Å². The van der Waals surface area contributed by atoms with Gasteiger partial charge in [0.25, 0.3) is 0 Å². The second kappa shape index (κ2) is 15.8. The van der Waals surface area contributed by atoms with Gasteiger partial charge in [-0.05, 0) is 18.2 Å². The molecule has 0 saturated carbocycles. The molecule has 0 saturated heterocycles. The van der Waals surface area contributed by atoms with Crippen LogP contribution in [0.4, 0.5) is 0 Å².